The molecule has 2 aromatic rings. The number of nitro benzene ring substituents is 1. The van der Waals surface area contributed by atoms with Crippen LogP contribution in [0.3, 0.4) is 0 Å². The molecule has 0 spiro atoms. The first kappa shape index (κ1) is 14.8. The van der Waals surface area contributed by atoms with E-state index in [4.69, 9.17) is 0 Å². The average Bonchev–Trinajstić information content (AvgIpc) is 2.78. The zero-order valence-electron chi connectivity index (χ0n) is 12.6. The van der Waals surface area contributed by atoms with Gasteiger partial charge in [-0.1, -0.05) is 6.07 Å². The molecule has 0 aliphatic heterocycles. The van der Waals surface area contributed by atoms with Crippen LogP contribution in [-0.2, 0) is 13.6 Å². The van der Waals surface area contributed by atoms with Crippen LogP contribution in [-0.4, -0.2) is 28.6 Å². The summed E-state index contributed by atoms with van der Waals surface area (Å²) in [5.41, 5.74) is 2.42. The third-order valence-corrected chi connectivity index (χ3v) is 3.27. The number of hydrogen-bond donors (Lipinski definition) is 1. The molecule has 0 saturated heterocycles. The Morgan fingerprint density at radius 1 is 1.43 bits per heavy atom. The van der Waals surface area contributed by atoms with Crippen LogP contribution in [0.25, 0.3) is 0 Å². The second-order valence-corrected chi connectivity index (χ2v) is 5.13. The number of imidazole rings is 1. The predicted octanol–water partition coefficient (Wildman–Crippen LogP) is 2.31. The van der Waals surface area contributed by atoms with Crippen molar-refractivity contribution >= 4 is 17.3 Å². The summed E-state index contributed by atoms with van der Waals surface area (Å²) in [6, 6.07) is 5.15. The maximum Gasteiger partial charge on any atom is 0.292 e. The van der Waals surface area contributed by atoms with Crippen LogP contribution >= 0.6 is 0 Å². The number of aromatic nitrogens is 2. The van der Waals surface area contributed by atoms with Gasteiger partial charge in [0.15, 0.2) is 0 Å². The van der Waals surface area contributed by atoms with Gasteiger partial charge < -0.3 is 14.8 Å². The fourth-order valence-corrected chi connectivity index (χ4v) is 2.14. The second kappa shape index (κ2) is 5.82. The number of rotatable bonds is 5. The Morgan fingerprint density at radius 3 is 2.71 bits per heavy atom. The zero-order valence-corrected chi connectivity index (χ0v) is 12.6. The van der Waals surface area contributed by atoms with Crippen LogP contribution in [0.1, 0.15) is 11.3 Å². The van der Waals surface area contributed by atoms with Crippen LogP contribution in [0.2, 0.25) is 0 Å². The van der Waals surface area contributed by atoms with E-state index in [1.165, 1.54) is 0 Å². The maximum atomic E-state index is 11.1. The summed E-state index contributed by atoms with van der Waals surface area (Å²) >= 11 is 0. The van der Waals surface area contributed by atoms with Crippen molar-refractivity contribution < 1.29 is 4.92 Å². The summed E-state index contributed by atoms with van der Waals surface area (Å²) in [6.45, 7) is 2.31. The summed E-state index contributed by atoms with van der Waals surface area (Å²) in [5.74, 6) is 0.838. The van der Waals surface area contributed by atoms with E-state index in [1.807, 2.05) is 43.6 Å². The Bertz CT molecular complexity index is 663. The topological polar surface area (TPSA) is 76.2 Å². The van der Waals surface area contributed by atoms with Crippen molar-refractivity contribution in [3.63, 3.8) is 0 Å². The van der Waals surface area contributed by atoms with Gasteiger partial charge in [-0.3, -0.25) is 10.1 Å². The van der Waals surface area contributed by atoms with E-state index in [-0.39, 0.29) is 10.6 Å². The minimum atomic E-state index is -0.371. The number of nitro groups is 1. The Labute approximate surface area is 123 Å². The van der Waals surface area contributed by atoms with Gasteiger partial charge in [0.25, 0.3) is 5.69 Å². The van der Waals surface area contributed by atoms with Gasteiger partial charge in [0, 0.05) is 27.2 Å². The van der Waals surface area contributed by atoms with Crippen LogP contribution in [0.15, 0.2) is 24.4 Å². The highest BCUT2D eigenvalue weighted by atomic mass is 16.6. The van der Waals surface area contributed by atoms with E-state index in [2.05, 4.69) is 10.3 Å². The number of nitrogens with zero attached hydrogens (tertiary/aromatic N) is 4. The van der Waals surface area contributed by atoms with E-state index >= 15 is 0 Å². The third kappa shape index (κ3) is 3.13. The van der Waals surface area contributed by atoms with Crippen molar-refractivity contribution in [2.24, 2.45) is 7.05 Å². The van der Waals surface area contributed by atoms with Gasteiger partial charge in [0.1, 0.15) is 5.69 Å². The van der Waals surface area contributed by atoms with Gasteiger partial charge in [-0.2, -0.15) is 0 Å². The van der Waals surface area contributed by atoms with E-state index in [0.717, 1.165) is 17.2 Å². The predicted molar refractivity (Wildman–Crippen MR) is 82.7 cm³/mol. The number of benzene rings is 1. The minimum Gasteiger partial charge on any atom is -0.374 e. The normalized spacial score (nSPS) is 10.5. The first-order chi connectivity index (χ1) is 9.90. The number of anilines is 2. The summed E-state index contributed by atoms with van der Waals surface area (Å²) < 4.78 is 1.95. The standard InChI is InChI=1S/C14H19N5O2/c1-10-5-6-12(13(7-10)19(20)21)15-8-11-9-16-14(17(2)3)18(11)4/h5-7,9,15H,8H2,1-4H3. The number of aryl methyl sites for hydroxylation is 1. The molecule has 0 amide bonds. The highest BCUT2D eigenvalue weighted by molar-refractivity contribution is 5.62. The van der Waals surface area contributed by atoms with Gasteiger partial charge in [-0.05, 0) is 18.6 Å². The molecule has 7 heteroatoms. The Balaban J connectivity index is 2.19. The van der Waals surface area contributed by atoms with Gasteiger partial charge in [-0.25, -0.2) is 4.98 Å². The molecule has 0 radical (unpaired) electrons. The summed E-state index contributed by atoms with van der Waals surface area (Å²) in [4.78, 5) is 16.9. The van der Waals surface area contributed by atoms with Crippen LogP contribution < -0.4 is 10.2 Å². The fraction of sp³-hybridized carbons (Fsp3) is 0.357. The van der Waals surface area contributed by atoms with Gasteiger partial charge in [0.2, 0.25) is 5.95 Å². The molecule has 0 unspecified atom stereocenters. The quantitative estimate of drug-likeness (QED) is 0.675. The molecular formula is C14H19N5O2. The monoisotopic (exact) mass is 289 g/mol. The van der Waals surface area contributed by atoms with Crippen molar-refractivity contribution in [3.05, 3.63) is 45.8 Å². The van der Waals surface area contributed by atoms with Crippen molar-refractivity contribution in [2.75, 3.05) is 24.3 Å². The van der Waals surface area contributed by atoms with Crippen molar-refractivity contribution in [3.8, 4) is 0 Å². The molecule has 0 fully saturated rings. The first-order valence-corrected chi connectivity index (χ1v) is 6.57. The Morgan fingerprint density at radius 2 is 2.14 bits per heavy atom. The fourth-order valence-electron chi connectivity index (χ4n) is 2.14. The van der Waals surface area contributed by atoms with Crippen LogP contribution in [0, 0.1) is 17.0 Å². The molecule has 1 N–H and O–H groups in total. The molecule has 1 heterocycles. The molecule has 0 saturated carbocycles. The van der Waals surface area contributed by atoms with E-state index < -0.39 is 0 Å². The molecule has 2 rings (SSSR count). The van der Waals surface area contributed by atoms with Crippen LogP contribution in [0.5, 0.6) is 0 Å². The molecule has 112 valence electrons. The lowest BCUT2D eigenvalue weighted by molar-refractivity contribution is -0.384. The van der Waals surface area contributed by atoms with E-state index in [9.17, 15) is 10.1 Å². The molecular weight excluding hydrogens is 270 g/mol. The van der Waals surface area contributed by atoms with E-state index in [1.54, 1.807) is 18.3 Å². The van der Waals surface area contributed by atoms with Gasteiger partial charge in [-0.15, -0.1) is 0 Å². The first-order valence-electron chi connectivity index (χ1n) is 6.57. The third-order valence-electron chi connectivity index (χ3n) is 3.27. The number of nitrogens with one attached hydrogen (secondary N) is 1. The van der Waals surface area contributed by atoms with Crippen molar-refractivity contribution in [1.29, 1.82) is 0 Å². The summed E-state index contributed by atoms with van der Waals surface area (Å²) in [5, 5.41) is 14.2. The molecule has 0 aliphatic rings. The lowest BCUT2D eigenvalue weighted by Gasteiger charge is -2.13. The molecule has 0 aliphatic carbocycles. The highest BCUT2D eigenvalue weighted by Crippen LogP contribution is 2.26. The van der Waals surface area contributed by atoms with E-state index in [0.29, 0.717) is 12.2 Å². The highest BCUT2D eigenvalue weighted by Gasteiger charge is 2.14. The van der Waals surface area contributed by atoms with Gasteiger partial charge >= 0.3 is 0 Å². The molecule has 1 aromatic heterocycles. The smallest absolute Gasteiger partial charge is 0.292 e. The molecule has 1 aromatic carbocycles. The lowest BCUT2D eigenvalue weighted by Crippen LogP contribution is -2.15. The van der Waals surface area contributed by atoms with Crippen molar-refractivity contribution in [2.45, 2.75) is 13.5 Å². The largest absolute Gasteiger partial charge is 0.374 e. The zero-order chi connectivity index (χ0) is 15.6. The Hall–Kier alpha value is -2.57. The lowest BCUT2D eigenvalue weighted by atomic mass is 10.2. The van der Waals surface area contributed by atoms with Crippen LogP contribution in [0.4, 0.5) is 17.3 Å². The molecule has 7 nitrogen and oxygen atoms in total. The number of hydrogen-bond acceptors (Lipinski definition) is 5. The maximum absolute atomic E-state index is 11.1. The molecule has 21 heavy (non-hydrogen) atoms. The molecule has 0 atom stereocenters. The SMILES string of the molecule is Cc1ccc(NCc2cnc(N(C)C)n2C)c([N+](=O)[O-])c1. The van der Waals surface area contributed by atoms with Gasteiger partial charge in [0.05, 0.1) is 23.4 Å². The van der Waals surface area contributed by atoms with Crippen molar-refractivity contribution in [1.82, 2.24) is 9.55 Å². The summed E-state index contributed by atoms with van der Waals surface area (Å²) in [6.07, 6.45) is 1.77. The summed E-state index contributed by atoms with van der Waals surface area (Å²) in [7, 11) is 5.76. The second-order valence-electron chi connectivity index (χ2n) is 5.13. The molecule has 0 bridgehead atoms. The minimum absolute atomic E-state index is 0.0880. The average molecular weight is 289 g/mol. The Kier molecular flexibility index (Phi) is 4.11.